The largest absolute Gasteiger partial charge is 0.409 e. The molecular weight excluding hydrogens is 233 g/mol. The van der Waals surface area contributed by atoms with Crippen molar-refractivity contribution in [3.8, 4) is 0 Å². The molecule has 5 heteroatoms. The van der Waals surface area contributed by atoms with Gasteiger partial charge in [0.05, 0.1) is 0 Å². The molecule has 0 bridgehead atoms. The molecule has 1 unspecified atom stereocenters. The molecule has 1 aromatic carbocycles. The Balaban J connectivity index is 2.21. The maximum atomic E-state index is 12.7. The number of halogens is 1. The van der Waals surface area contributed by atoms with Gasteiger partial charge in [0.2, 0.25) is 0 Å². The Hall–Kier alpha value is -1.62. The van der Waals surface area contributed by atoms with Crippen LogP contribution in [-0.4, -0.2) is 17.6 Å². The van der Waals surface area contributed by atoms with E-state index in [1.807, 2.05) is 6.92 Å². The van der Waals surface area contributed by atoms with Crippen molar-refractivity contribution in [2.24, 2.45) is 10.9 Å². The van der Waals surface area contributed by atoms with Crippen LogP contribution >= 0.6 is 0 Å². The van der Waals surface area contributed by atoms with E-state index < -0.39 is 0 Å². The van der Waals surface area contributed by atoms with Crippen LogP contribution in [0.1, 0.15) is 37.8 Å². The summed E-state index contributed by atoms with van der Waals surface area (Å²) in [6, 6.07) is 6.68. The highest BCUT2D eigenvalue weighted by Gasteiger charge is 2.04. The third kappa shape index (κ3) is 5.14. The summed E-state index contributed by atoms with van der Waals surface area (Å²) in [5, 5.41) is 14.6. The average molecular weight is 253 g/mol. The summed E-state index contributed by atoms with van der Waals surface area (Å²) in [6.07, 6.45) is 2.42. The summed E-state index contributed by atoms with van der Waals surface area (Å²) in [4.78, 5) is 0. The van der Waals surface area contributed by atoms with Crippen LogP contribution in [0.4, 0.5) is 4.39 Å². The van der Waals surface area contributed by atoms with Gasteiger partial charge in [-0.25, -0.2) is 4.39 Å². The predicted molar refractivity (Wildman–Crippen MR) is 70.1 cm³/mol. The first kappa shape index (κ1) is 14.4. The minimum Gasteiger partial charge on any atom is -0.409 e. The molecule has 0 radical (unpaired) electrons. The average Bonchev–Trinajstić information content (AvgIpc) is 2.38. The van der Waals surface area contributed by atoms with Crippen molar-refractivity contribution >= 4 is 5.84 Å². The first-order valence-corrected chi connectivity index (χ1v) is 6.08. The van der Waals surface area contributed by atoms with Gasteiger partial charge in [-0.3, -0.25) is 0 Å². The molecule has 0 amide bonds. The number of hydrogen-bond acceptors (Lipinski definition) is 3. The van der Waals surface area contributed by atoms with E-state index in [1.165, 1.54) is 12.1 Å². The highest BCUT2D eigenvalue weighted by atomic mass is 19.1. The van der Waals surface area contributed by atoms with Crippen LogP contribution in [0.3, 0.4) is 0 Å². The van der Waals surface area contributed by atoms with E-state index in [9.17, 15) is 4.39 Å². The summed E-state index contributed by atoms with van der Waals surface area (Å²) in [5.74, 6) is 0.0475. The van der Waals surface area contributed by atoms with Crippen LogP contribution < -0.4 is 11.1 Å². The van der Waals surface area contributed by atoms with Crippen molar-refractivity contribution in [3.63, 3.8) is 0 Å². The number of benzene rings is 1. The second-order valence-electron chi connectivity index (χ2n) is 4.28. The number of oxime groups is 1. The molecule has 0 aliphatic rings. The molecule has 18 heavy (non-hydrogen) atoms. The van der Waals surface area contributed by atoms with E-state index in [1.54, 1.807) is 12.1 Å². The Morgan fingerprint density at radius 1 is 1.39 bits per heavy atom. The summed E-state index contributed by atoms with van der Waals surface area (Å²) in [7, 11) is 0. The Morgan fingerprint density at radius 3 is 2.67 bits per heavy atom. The van der Waals surface area contributed by atoms with E-state index in [0.29, 0.717) is 6.42 Å². The predicted octanol–water partition coefficient (Wildman–Crippen LogP) is 2.39. The van der Waals surface area contributed by atoms with Crippen LogP contribution in [0.5, 0.6) is 0 Å². The molecule has 4 nitrogen and oxygen atoms in total. The number of unbranched alkanes of at least 4 members (excludes halogenated alkanes) is 1. The van der Waals surface area contributed by atoms with Crippen molar-refractivity contribution in [2.45, 2.75) is 32.2 Å². The van der Waals surface area contributed by atoms with Crippen LogP contribution in [0.25, 0.3) is 0 Å². The maximum absolute atomic E-state index is 12.7. The quantitative estimate of drug-likeness (QED) is 0.230. The Labute approximate surface area is 107 Å². The molecule has 1 rings (SSSR count). The smallest absolute Gasteiger partial charge is 0.139 e. The third-order valence-corrected chi connectivity index (χ3v) is 2.81. The second-order valence-corrected chi connectivity index (χ2v) is 4.28. The number of amidine groups is 1. The summed E-state index contributed by atoms with van der Waals surface area (Å²) in [5.41, 5.74) is 6.43. The van der Waals surface area contributed by atoms with Gasteiger partial charge in [0.1, 0.15) is 11.7 Å². The topological polar surface area (TPSA) is 70.6 Å². The molecule has 0 spiro atoms. The van der Waals surface area contributed by atoms with Gasteiger partial charge in [0.15, 0.2) is 0 Å². The lowest BCUT2D eigenvalue weighted by atomic mass is 10.1. The van der Waals surface area contributed by atoms with Gasteiger partial charge in [-0.2, -0.15) is 0 Å². The molecule has 0 saturated heterocycles. The van der Waals surface area contributed by atoms with E-state index >= 15 is 0 Å². The first-order chi connectivity index (χ1) is 8.63. The van der Waals surface area contributed by atoms with Gasteiger partial charge in [0, 0.05) is 12.5 Å². The van der Waals surface area contributed by atoms with Crippen molar-refractivity contribution in [1.82, 2.24) is 5.32 Å². The lowest BCUT2D eigenvalue weighted by Gasteiger charge is -2.14. The van der Waals surface area contributed by atoms with Gasteiger partial charge in [-0.15, -0.1) is 0 Å². The molecule has 100 valence electrons. The molecule has 0 fully saturated rings. The third-order valence-electron chi connectivity index (χ3n) is 2.81. The van der Waals surface area contributed by atoms with Crippen LogP contribution in [0.2, 0.25) is 0 Å². The Kier molecular flexibility index (Phi) is 6.14. The number of nitrogens with zero attached hydrogens (tertiary/aromatic N) is 1. The van der Waals surface area contributed by atoms with E-state index in [-0.39, 0.29) is 17.7 Å². The van der Waals surface area contributed by atoms with E-state index in [2.05, 4.69) is 10.5 Å². The van der Waals surface area contributed by atoms with Gasteiger partial charge in [0.25, 0.3) is 0 Å². The van der Waals surface area contributed by atoms with E-state index in [4.69, 9.17) is 10.9 Å². The van der Waals surface area contributed by atoms with Crippen LogP contribution in [0, 0.1) is 5.82 Å². The zero-order valence-corrected chi connectivity index (χ0v) is 10.6. The number of rotatable bonds is 7. The van der Waals surface area contributed by atoms with Crippen LogP contribution in [0.15, 0.2) is 29.4 Å². The van der Waals surface area contributed by atoms with Gasteiger partial charge < -0.3 is 16.3 Å². The van der Waals surface area contributed by atoms with E-state index in [0.717, 1.165) is 24.9 Å². The number of nitrogens with one attached hydrogen (secondary N) is 1. The minimum absolute atomic E-state index is 0.189. The molecule has 0 heterocycles. The number of nitrogens with two attached hydrogens (primary N) is 1. The molecule has 0 saturated carbocycles. The van der Waals surface area contributed by atoms with Crippen molar-refractivity contribution in [1.29, 1.82) is 0 Å². The fourth-order valence-corrected chi connectivity index (χ4v) is 1.67. The van der Waals surface area contributed by atoms with Crippen LogP contribution in [-0.2, 0) is 0 Å². The lowest BCUT2D eigenvalue weighted by Crippen LogP contribution is -2.20. The minimum atomic E-state index is -0.218. The Bertz CT molecular complexity index is 378. The standard InChI is InChI=1S/C13H20FN3O/c1-10(11-5-7-12(14)8-6-11)16-9-3-2-4-13(15)17-18/h5-8,10,16,18H,2-4,9H2,1H3,(H2,15,17). The second kappa shape index (κ2) is 7.66. The summed E-state index contributed by atoms with van der Waals surface area (Å²) < 4.78 is 12.7. The first-order valence-electron chi connectivity index (χ1n) is 6.08. The summed E-state index contributed by atoms with van der Waals surface area (Å²) in [6.45, 7) is 2.88. The highest BCUT2D eigenvalue weighted by Crippen LogP contribution is 2.12. The molecule has 0 aliphatic carbocycles. The fourth-order valence-electron chi connectivity index (χ4n) is 1.67. The highest BCUT2D eigenvalue weighted by molar-refractivity contribution is 5.79. The zero-order chi connectivity index (χ0) is 13.4. The molecule has 4 N–H and O–H groups in total. The molecule has 0 aliphatic heterocycles. The molecule has 0 aromatic heterocycles. The number of hydrogen-bond donors (Lipinski definition) is 3. The lowest BCUT2D eigenvalue weighted by molar-refractivity contribution is 0.316. The monoisotopic (exact) mass is 253 g/mol. The molecular formula is C13H20FN3O. The van der Waals surface area contributed by atoms with Gasteiger partial charge >= 0.3 is 0 Å². The summed E-state index contributed by atoms with van der Waals surface area (Å²) >= 11 is 0. The Morgan fingerprint density at radius 2 is 2.06 bits per heavy atom. The van der Waals surface area contributed by atoms with Crippen molar-refractivity contribution < 1.29 is 9.60 Å². The van der Waals surface area contributed by atoms with Gasteiger partial charge in [-0.1, -0.05) is 17.3 Å². The van der Waals surface area contributed by atoms with Crippen molar-refractivity contribution in [3.05, 3.63) is 35.6 Å². The van der Waals surface area contributed by atoms with Crippen molar-refractivity contribution in [2.75, 3.05) is 6.54 Å². The SMILES string of the molecule is CC(NCCCCC(N)=NO)c1ccc(F)cc1. The normalized spacial score (nSPS) is 13.6. The maximum Gasteiger partial charge on any atom is 0.139 e. The molecule has 1 aromatic rings. The fraction of sp³-hybridized carbons (Fsp3) is 0.462. The zero-order valence-electron chi connectivity index (χ0n) is 10.6. The van der Waals surface area contributed by atoms with Gasteiger partial charge in [-0.05, 0) is 44.0 Å². The molecule has 1 atom stereocenters.